The number of nitrogens with one attached hydrogen (secondary N) is 1. The van der Waals surface area contributed by atoms with Crippen molar-refractivity contribution in [1.29, 1.82) is 0 Å². The molecular weight excluding hydrogens is 234 g/mol. The van der Waals surface area contributed by atoms with E-state index in [9.17, 15) is 0 Å². The number of nitrogens with zero attached hydrogens (tertiary/aromatic N) is 2. The van der Waals surface area contributed by atoms with Crippen molar-refractivity contribution < 1.29 is 0 Å². The number of likely N-dealkylation sites (tertiary alicyclic amines) is 1. The molecule has 1 aliphatic carbocycles. The number of hydrogen-bond donors (Lipinski definition) is 1. The van der Waals surface area contributed by atoms with E-state index in [0.29, 0.717) is 5.41 Å². The molecule has 1 saturated carbocycles. The second kappa shape index (κ2) is 5.34. The molecule has 3 heteroatoms. The van der Waals surface area contributed by atoms with Crippen molar-refractivity contribution in [2.75, 3.05) is 39.3 Å². The van der Waals surface area contributed by atoms with Gasteiger partial charge in [0.25, 0.3) is 0 Å². The minimum Gasteiger partial charge on any atom is -0.314 e. The number of piperazine rings is 1. The van der Waals surface area contributed by atoms with Gasteiger partial charge in [0, 0.05) is 51.4 Å². The van der Waals surface area contributed by atoms with E-state index in [0.717, 1.165) is 18.0 Å². The lowest BCUT2D eigenvalue weighted by atomic mass is 9.69. The third-order valence-corrected chi connectivity index (χ3v) is 5.68. The molecule has 2 saturated heterocycles. The summed E-state index contributed by atoms with van der Waals surface area (Å²) >= 11 is 0. The Balaban J connectivity index is 1.48. The van der Waals surface area contributed by atoms with Crippen LogP contribution in [-0.2, 0) is 0 Å². The molecule has 2 atom stereocenters. The third-order valence-electron chi connectivity index (χ3n) is 5.68. The maximum absolute atomic E-state index is 3.45. The van der Waals surface area contributed by atoms with Gasteiger partial charge in [0.05, 0.1) is 0 Å². The van der Waals surface area contributed by atoms with E-state index >= 15 is 0 Å². The summed E-state index contributed by atoms with van der Waals surface area (Å²) in [7, 11) is 0. The Morgan fingerprint density at radius 2 is 1.74 bits per heavy atom. The molecule has 0 amide bonds. The first-order chi connectivity index (χ1) is 9.05. The van der Waals surface area contributed by atoms with Gasteiger partial charge in [0.1, 0.15) is 0 Å². The van der Waals surface area contributed by atoms with Crippen molar-refractivity contribution in [1.82, 2.24) is 15.1 Å². The molecule has 2 aliphatic heterocycles. The lowest BCUT2D eigenvalue weighted by Crippen LogP contribution is -2.66. The van der Waals surface area contributed by atoms with Crippen LogP contribution < -0.4 is 5.32 Å². The quantitative estimate of drug-likeness (QED) is 0.821. The lowest BCUT2D eigenvalue weighted by molar-refractivity contribution is -0.0390. The molecular formula is C16H31N3. The topological polar surface area (TPSA) is 18.5 Å². The van der Waals surface area contributed by atoms with Crippen molar-refractivity contribution in [2.45, 2.75) is 52.1 Å². The molecule has 0 spiro atoms. The Kier molecular flexibility index (Phi) is 3.89. The smallest absolute Gasteiger partial charge is 0.0351 e. The van der Waals surface area contributed by atoms with Crippen LogP contribution in [0.5, 0.6) is 0 Å². The molecule has 3 nitrogen and oxygen atoms in total. The zero-order chi connectivity index (χ0) is 13.5. The van der Waals surface area contributed by atoms with E-state index in [1.807, 2.05) is 0 Å². The standard InChI is InChI=1S/C16H31N3/c1-13-10-16(2,3)5-4-15(13)19-11-14(12-19)18-8-6-17-7-9-18/h13-15,17H,4-12H2,1-3H3. The summed E-state index contributed by atoms with van der Waals surface area (Å²) in [4.78, 5) is 5.47. The summed E-state index contributed by atoms with van der Waals surface area (Å²) in [5, 5.41) is 3.45. The molecule has 3 rings (SSSR count). The van der Waals surface area contributed by atoms with E-state index in [2.05, 4.69) is 35.9 Å². The van der Waals surface area contributed by atoms with Crippen molar-refractivity contribution >= 4 is 0 Å². The van der Waals surface area contributed by atoms with Crippen LogP contribution in [0.3, 0.4) is 0 Å². The summed E-state index contributed by atoms with van der Waals surface area (Å²) in [5.74, 6) is 0.882. The maximum Gasteiger partial charge on any atom is 0.0351 e. The summed E-state index contributed by atoms with van der Waals surface area (Å²) in [5.41, 5.74) is 0.582. The first-order valence-electron chi connectivity index (χ1n) is 8.24. The zero-order valence-corrected chi connectivity index (χ0v) is 13.0. The van der Waals surface area contributed by atoms with E-state index in [1.165, 1.54) is 58.5 Å². The van der Waals surface area contributed by atoms with Crippen molar-refractivity contribution in [3.05, 3.63) is 0 Å². The highest BCUT2D eigenvalue weighted by molar-refractivity contribution is 4.97. The van der Waals surface area contributed by atoms with Crippen molar-refractivity contribution in [2.24, 2.45) is 11.3 Å². The first kappa shape index (κ1) is 13.8. The van der Waals surface area contributed by atoms with Crippen LogP contribution in [0.25, 0.3) is 0 Å². The molecule has 2 heterocycles. The fourth-order valence-corrected chi connectivity index (χ4v) is 4.51. The van der Waals surface area contributed by atoms with E-state index < -0.39 is 0 Å². The Morgan fingerprint density at radius 3 is 2.37 bits per heavy atom. The molecule has 3 aliphatic rings. The van der Waals surface area contributed by atoms with Gasteiger partial charge in [-0.2, -0.15) is 0 Å². The summed E-state index contributed by atoms with van der Waals surface area (Å²) in [6.07, 6.45) is 4.24. The van der Waals surface area contributed by atoms with Crippen LogP contribution in [-0.4, -0.2) is 61.2 Å². The molecule has 0 aromatic carbocycles. The van der Waals surface area contributed by atoms with E-state index in [-0.39, 0.29) is 0 Å². The molecule has 0 radical (unpaired) electrons. The molecule has 19 heavy (non-hydrogen) atoms. The molecule has 0 aromatic rings. The molecule has 3 fully saturated rings. The van der Waals surface area contributed by atoms with Gasteiger partial charge in [-0.3, -0.25) is 9.80 Å². The third kappa shape index (κ3) is 2.98. The lowest BCUT2D eigenvalue weighted by Gasteiger charge is -2.53. The number of rotatable bonds is 2. The Bertz CT molecular complexity index is 303. The van der Waals surface area contributed by atoms with Crippen LogP contribution in [0.4, 0.5) is 0 Å². The monoisotopic (exact) mass is 265 g/mol. The van der Waals surface area contributed by atoms with Gasteiger partial charge in [0.15, 0.2) is 0 Å². The van der Waals surface area contributed by atoms with E-state index in [1.54, 1.807) is 0 Å². The fourth-order valence-electron chi connectivity index (χ4n) is 4.51. The van der Waals surface area contributed by atoms with Crippen molar-refractivity contribution in [3.8, 4) is 0 Å². The van der Waals surface area contributed by atoms with Gasteiger partial charge in [-0.05, 0) is 30.6 Å². The van der Waals surface area contributed by atoms with Crippen LogP contribution in [0, 0.1) is 11.3 Å². The average Bonchev–Trinajstić information content (AvgIpc) is 2.30. The SMILES string of the molecule is CC1CC(C)(C)CCC1N1CC(N2CCNCC2)C1. The average molecular weight is 265 g/mol. The molecule has 2 unspecified atom stereocenters. The van der Waals surface area contributed by atoms with Gasteiger partial charge in [-0.15, -0.1) is 0 Å². The predicted octanol–water partition coefficient (Wildman–Crippen LogP) is 1.79. The van der Waals surface area contributed by atoms with Crippen LogP contribution in [0.15, 0.2) is 0 Å². The Morgan fingerprint density at radius 1 is 1.05 bits per heavy atom. The van der Waals surface area contributed by atoms with E-state index in [4.69, 9.17) is 0 Å². The predicted molar refractivity (Wildman–Crippen MR) is 80.4 cm³/mol. The van der Waals surface area contributed by atoms with Crippen LogP contribution >= 0.6 is 0 Å². The second-order valence-electron chi connectivity index (χ2n) is 7.85. The van der Waals surface area contributed by atoms with Gasteiger partial charge < -0.3 is 5.32 Å². The minimum absolute atomic E-state index is 0.582. The van der Waals surface area contributed by atoms with Gasteiger partial charge in [-0.1, -0.05) is 20.8 Å². The second-order valence-corrected chi connectivity index (χ2v) is 7.85. The van der Waals surface area contributed by atoms with Gasteiger partial charge >= 0.3 is 0 Å². The molecule has 110 valence electrons. The zero-order valence-electron chi connectivity index (χ0n) is 13.0. The largest absolute Gasteiger partial charge is 0.314 e. The Hall–Kier alpha value is -0.120. The molecule has 0 bridgehead atoms. The Labute approximate surface area is 118 Å². The number of hydrogen-bond acceptors (Lipinski definition) is 3. The van der Waals surface area contributed by atoms with Crippen LogP contribution in [0.2, 0.25) is 0 Å². The first-order valence-corrected chi connectivity index (χ1v) is 8.24. The summed E-state index contributed by atoms with van der Waals surface area (Å²) in [6.45, 7) is 14.9. The highest BCUT2D eigenvalue weighted by Gasteiger charge is 2.41. The molecule has 0 aromatic heterocycles. The minimum atomic E-state index is 0.582. The van der Waals surface area contributed by atoms with Crippen LogP contribution in [0.1, 0.15) is 40.0 Å². The highest BCUT2D eigenvalue weighted by atomic mass is 15.3. The van der Waals surface area contributed by atoms with Gasteiger partial charge in [-0.25, -0.2) is 0 Å². The summed E-state index contributed by atoms with van der Waals surface area (Å²) in [6, 6.07) is 1.72. The molecule has 1 N–H and O–H groups in total. The van der Waals surface area contributed by atoms with Gasteiger partial charge in [0.2, 0.25) is 0 Å². The van der Waals surface area contributed by atoms with Crippen molar-refractivity contribution in [3.63, 3.8) is 0 Å². The maximum atomic E-state index is 3.45. The summed E-state index contributed by atoms with van der Waals surface area (Å²) < 4.78 is 0. The normalized spacial score (nSPS) is 38.1. The highest BCUT2D eigenvalue weighted by Crippen LogP contribution is 2.41. The fraction of sp³-hybridized carbons (Fsp3) is 1.00.